The van der Waals surface area contributed by atoms with Crippen LogP contribution in [0.2, 0.25) is 0 Å². The van der Waals surface area contributed by atoms with Crippen LogP contribution < -0.4 is 0 Å². The van der Waals surface area contributed by atoms with E-state index in [4.69, 9.17) is 0 Å². The molecule has 0 saturated carbocycles. The summed E-state index contributed by atoms with van der Waals surface area (Å²) < 4.78 is 0. The maximum Gasteiger partial charge on any atom is -0.0169 e. The summed E-state index contributed by atoms with van der Waals surface area (Å²) >= 11 is 0. The first-order valence-electron chi connectivity index (χ1n) is 8.01. The summed E-state index contributed by atoms with van der Waals surface area (Å²) in [6.45, 7) is 6.12. The number of unbranched alkanes of at least 4 members (excludes halogenated alkanes) is 9. The van der Waals surface area contributed by atoms with Gasteiger partial charge in [0.15, 0.2) is 0 Å². The van der Waals surface area contributed by atoms with Gasteiger partial charge in [0.2, 0.25) is 0 Å². The van der Waals surface area contributed by atoms with E-state index in [9.17, 15) is 0 Å². The third-order valence-corrected chi connectivity index (χ3v) is 3.20. The Hall–Kier alpha value is -0.520. The van der Waals surface area contributed by atoms with Gasteiger partial charge in [-0.05, 0) is 32.1 Å². The molecule has 0 bridgehead atoms. The van der Waals surface area contributed by atoms with Crippen molar-refractivity contribution >= 4 is 0 Å². The Labute approximate surface area is 116 Å². The zero-order valence-electron chi connectivity index (χ0n) is 12.5. The largest absolute Gasteiger partial charge is 0.0882 e. The summed E-state index contributed by atoms with van der Waals surface area (Å²) in [5.74, 6) is 0. The van der Waals surface area contributed by atoms with E-state index in [-0.39, 0.29) is 0 Å². The first-order valence-corrected chi connectivity index (χ1v) is 8.01. The molecule has 0 amide bonds. The molecule has 0 fully saturated rings. The second kappa shape index (κ2) is 16.5. The normalized spacial score (nSPS) is 11.9. The Kier molecular flexibility index (Phi) is 16.0. The van der Waals surface area contributed by atoms with Crippen molar-refractivity contribution in [3.63, 3.8) is 0 Å². The van der Waals surface area contributed by atoms with E-state index in [2.05, 4.69) is 38.2 Å². The van der Waals surface area contributed by atoms with Crippen molar-refractivity contribution in [1.29, 1.82) is 0 Å². The Morgan fingerprint density at radius 3 is 1.83 bits per heavy atom. The highest BCUT2D eigenvalue weighted by Crippen LogP contribution is 2.07. The molecular formula is C18H33. The first-order chi connectivity index (χ1) is 8.91. The van der Waals surface area contributed by atoms with E-state index in [1.54, 1.807) is 0 Å². The van der Waals surface area contributed by atoms with E-state index in [0.29, 0.717) is 0 Å². The van der Waals surface area contributed by atoms with Crippen LogP contribution in [0.4, 0.5) is 0 Å². The van der Waals surface area contributed by atoms with Crippen molar-refractivity contribution < 1.29 is 0 Å². The third-order valence-electron chi connectivity index (χ3n) is 3.20. The van der Waals surface area contributed by atoms with Gasteiger partial charge in [-0.25, -0.2) is 0 Å². The topological polar surface area (TPSA) is 0 Å². The Morgan fingerprint density at radius 1 is 0.667 bits per heavy atom. The van der Waals surface area contributed by atoms with Gasteiger partial charge in [-0.2, -0.15) is 0 Å². The van der Waals surface area contributed by atoms with Crippen LogP contribution in [0, 0.1) is 6.92 Å². The van der Waals surface area contributed by atoms with Gasteiger partial charge >= 0.3 is 0 Å². The lowest BCUT2D eigenvalue weighted by atomic mass is 10.1. The van der Waals surface area contributed by atoms with Crippen molar-refractivity contribution in [3.8, 4) is 0 Å². The molecule has 0 atom stereocenters. The molecule has 0 spiro atoms. The molecule has 0 heterocycles. The molecule has 0 aromatic rings. The Morgan fingerprint density at radius 2 is 1.22 bits per heavy atom. The van der Waals surface area contributed by atoms with Crippen molar-refractivity contribution in [1.82, 2.24) is 0 Å². The quantitative estimate of drug-likeness (QED) is 0.254. The van der Waals surface area contributed by atoms with Gasteiger partial charge in [-0.15, -0.1) is 0 Å². The molecule has 0 saturated heterocycles. The smallest absolute Gasteiger partial charge is 0.0169 e. The van der Waals surface area contributed by atoms with Crippen molar-refractivity contribution in [2.24, 2.45) is 0 Å². The summed E-state index contributed by atoms with van der Waals surface area (Å²) in [5, 5.41) is 0. The minimum absolute atomic E-state index is 1.10. The van der Waals surface area contributed by atoms with Gasteiger partial charge in [0.25, 0.3) is 0 Å². The zero-order chi connectivity index (χ0) is 13.3. The molecule has 0 rings (SSSR count). The molecule has 0 aliphatic carbocycles. The van der Waals surface area contributed by atoms with Gasteiger partial charge in [0, 0.05) is 0 Å². The first kappa shape index (κ1) is 17.5. The predicted molar refractivity (Wildman–Crippen MR) is 84.7 cm³/mol. The predicted octanol–water partition coefficient (Wildman–Crippen LogP) is 6.63. The van der Waals surface area contributed by atoms with E-state index in [1.807, 2.05) is 0 Å². The summed E-state index contributed by atoms with van der Waals surface area (Å²) in [5.41, 5.74) is 0. The van der Waals surface area contributed by atoms with E-state index < -0.39 is 0 Å². The molecule has 0 nitrogen and oxygen atoms in total. The molecule has 105 valence electrons. The standard InChI is InChI=1S/C18H33/c1-3-5-7-9-11-13-15-17-18-16-14-12-10-8-6-4-2/h12,14,17-18H,1,3-11,13,15-16H2,2H3/b14-12-,18-17?. The second-order valence-corrected chi connectivity index (χ2v) is 5.08. The fraction of sp³-hybridized carbons (Fsp3) is 0.722. The van der Waals surface area contributed by atoms with Crippen LogP contribution >= 0.6 is 0 Å². The zero-order valence-corrected chi connectivity index (χ0v) is 12.5. The van der Waals surface area contributed by atoms with Gasteiger partial charge in [-0.1, -0.05) is 83.1 Å². The highest BCUT2D eigenvalue weighted by Gasteiger charge is 1.87. The van der Waals surface area contributed by atoms with Crippen LogP contribution in [-0.4, -0.2) is 0 Å². The summed E-state index contributed by atoms with van der Waals surface area (Å²) in [6.07, 6.45) is 24.9. The van der Waals surface area contributed by atoms with Gasteiger partial charge in [0.1, 0.15) is 0 Å². The summed E-state index contributed by atoms with van der Waals surface area (Å²) in [6, 6.07) is 0. The maximum atomic E-state index is 3.87. The third kappa shape index (κ3) is 15.5. The van der Waals surface area contributed by atoms with Crippen LogP contribution in [0.15, 0.2) is 24.3 Å². The lowest BCUT2D eigenvalue weighted by Crippen LogP contribution is -1.77. The molecule has 0 aromatic heterocycles. The van der Waals surface area contributed by atoms with Crippen LogP contribution in [0.5, 0.6) is 0 Å². The van der Waals surface area contributed by atoms with Crippen molar-refractivity contribution in [2.75, 3.05) is 0 Å². The monoisotopic (exact) mass is 249 g/mol. The van der Waals surface area contributed by atoms with Gasteiger partial charge in [-0.3, -0.25) is 0 Å². The molecule has 0 N–H and O–H groups in total. The van der Waals surface area contributed by atoms with Gasteiger partial charge in [0.05, 0.1) is 0 Å². The maximum absolute atomic E-state index is 3.87. The average Bonchev–Trinajstić information content (AvgIpc) is 2.39. The van der Waals surface area contributed by atoms with E-state index in [0.717, 1.165) is 12.8 Å². The van der Waals surface area contributed by atoms with E-state index in [1.165, 1.54) is 64.2 Å². The van der Waals surface area contributed by atoms with Crippen LogP contribution in [0.25, 0.3) is 0 Å². The van der Waals surface area contributed by atoms with Crippen molar-refractivity contribution in [3.05, 3.63) is 31.2 Å². The number of rotatable bonds is 13. The van der Waals surface area contributed by atoms with Crippen LogP contribution in [0.3, 0.4) is 0 Å². The molecule has 1 radical (unpaired) electrons. The summed E-state index contributed by atoms with van der Waals surface area (Å²) in [4.78, 5) is 0. The molecule has 0 aromatic carbocycles. The molecule has 0 heteroatoms. The molecule has 0 unspecified atom stereocenters. The average molecular weight is 249 g/mol. The number of allylic oxidation sites excluding steroid dienone is 4. The Balaban J connectivity index is 3.13. The summed E-state index contributed by atoms with van der Waals surface area (Å²) in [7, 11) is 0. The Bertz CT molecular complexity index is 188. The highest BCUT2D eigenvalue weighted by atomic mass is 13.9. The molecule has 0 aliphatic rings. The molecule has 18 heavy (non-hydrogen) atoms. The van der Waals surface area contributed by atoms with Crippen LogP contribution in [-0.2, 0) is 0 Å². The van der Waals surface area contributed by atoms with Crippen molar-refractivity contribution in [2.45, 2.75) is 84.0 Å². The minimum atomic E-state index is 1.10. The second-order valence-electron chi connectivity index (χ2n) is 5.08. The minimum Gasteiger partial charge on any atom is -0.0882 e. The lowest BCUT2D eigenvalue weighted by molar-refractivity contribution is 0.621. The van der Waals surface area contributed by atoms with E-state index >= 15 is 0 Å². The molecule has 0 aliphatic heterocycles. The SMILES string of the molecule is [CH2]CCCCCCCC=CC/C=C\CCCCC. The van der Waals surface area contributed by atoms with Gasteiger partial charge < -0.3 is 0 Å². The number of hydrogen-bond acceptors (Lipinski definition) is 0. The fourth-order valence-electron chi connectivity index (χ4n) is 1.99. The molecular weight excluding hydrogens is 216 g/mol. The fourth-order valence-corrected chi connectivity index (χ4v) is 1.99. The highest BCUT2D eigenvalue weighted by molar-refractivity contribution is 4.92. The number of hydrogen-bond donors (Lipinski definition) is 0. The van der Waals surface area contributed by atoms with Crippen LogP contribution in [0.1, 0.15) is 84.0 Å². The lowest BCUT2D eigenvalue weighted by Gasteiger charge is -1.97.